The second kappa shape index (κ2) is 8.96. The number of likely N-dealkylation sites (N-methyl/N-ethyl adjacent to an activating group) is 1. The molecule has 1 amide bonds. The first-order valence-corrected chi connectivity index (χ1v) is 12.6. The van der Waals surface area contributed by atoms with Gasteiger partial charge in [-0.05, 0) is 29.8 Å². The van der Waals surface area contributed by atoms with Gasteiger partial charge in [0.1, 0.15) is 22.1 Å². The van der Waals surface area contributed by atoms with E-state index in [-0.39, 0.29) is 11.9 Å². The Bertz CT molecular complexity index is 1440. The van der Waals surface area contributed by atoms with Gasteiger partial charge < -0.3 is 20.1 Å². The van der Waals surface area contributed by atoms with Gasteiger partial charge >= 0.3 is 0 Å². The van der Waals surface area contributed by atoms with Crippen LogP contribution in [0.4, 0.5) is 5.95 Å². The van der Waals surface area contributed by atoms with Crippen LogP contribution in [-0.2, 0) is 10.4 Å². The summed E-state index contributed by atoms with van der Waals surface area (Å²) in [4.78, 5) is 32.4. The molecule has 36 heavy (non-hydrogen) atoms. The highest BCUT2D eigenvalue weighted by molar-refractivity contribution is 7.13. The molecule has 0 spiro atoms. The number of rotatable bonds is 5. The van der Waals surface area contributed by atoms with Crippen LogP contribution < -0.4 is 10.1 Å². The number of nitrogens with one attached hydrogen (secondary N) is 1. The number of hydrogen-bond acceptors (Lipinski definition) is 9. The topological polar surface area (TPSA) is 113 Å². The smallest absolute Gasteiger partial charge is 0.258 e. The molecule has 1 saturated heterocycles. The first-order chi connectivity index (χ1) is 17.5. The highest BCUT2D eigenvalue weighted by atomic mass is 32.1. The third kappa shape index (κ3) is 3.98. The van der Waals surface area contributed by atoms with Crippen LogP contribution in [0, 0.1) is 0 Å². The molecule has 4 aromatic rings. The van der Waals surface area contributed by atoms with E-state index in [0.29, 0.717) is 36.8 Å². The average Bonchev–Trinajstić information content (AvgIpc) is 3.51. The van der Waals surface area contributed by atoms with Crippen molar-refractivity contribution in [3.05, 3.63) is 71.5 Å². The van der Waals surface area contributed by atoms with Gasteiger partial charge in [0.05, 0.1) is 18.3 Å². The van der Waals surface area contributed by atoms with Crippen molar-refractivity contribution in [2.45, 2.75) is 24.5 Å². The molecule has 0 aliphatic carbocycles. The molecule has 2 unspecified atom stereocenters. The quantitative estimate of drug-likeness (QED) is 0.427. The second-order valence-corrected chi connectivity index (χ2v) is 9.80. The largest absolute Gasteiger partial charge is 0.491 e. The number of ether oxygens (including phenoxy) is 1. The number of amides is 1. The lowest BCUT2D eigenvalue weighted by atomic mass is 9.91. The van der Waals surface area contributed by atoms with Gasteiger partial charge in [0.15, 0.2) is 5.60 Å². The molecular weight excluding hydrogens is 476 g/mol. The van der Waals surface area contributed by atoms with Crippen LogP contribution in [0.3, 0.4) is 0 Å². The van der Waals surface area contributed by atoms with Crippen LogP contribution in [-0.4, -0.2) is 56.0 Å². The molecule has 10 heteroatoms. The van der Waals surface area contributed by atoms with E-state index in [4.69, 9.17) is 14.7 Å². The molecule has 182 valence electrons. The Balaban J connectivity index is 1.24. The number of likely N-dealkylation sites (tertiary alicyclic amines) is 1. The predicted molar refractivity (Wildman–Crippen MR) is 135 cm³/mol. The molecule has 2 aliphatic heterocycles. The summed E-state index contributed by atoms with van der Waals surface area (Å²) in [7, 11) is 1.71. The van der Waals surface area contributed by atoms with E-state index in [1.807, 2.05) is 41.8 Å². The van der Waals surface area contributed by atoms with Gasteiger partial charge in [-0.1, -0.05) is 18.2 Å². The molecule has 9 nitrogen and oxygen atoms in total. The maximum atomic E-state index is 12.5. The molecular formula is C26H24N6O3S. The number of carbonyl (C=O) groups excluding carboxylic acids is 1. The minimum Gasteiger partial charge on any atom is -0.491 e. The molecule has 2 aliphatic rings. The second-order valence-electron chi connectivity index (χ2n) is 8.94. The predicted octanol–water partition coefficient (Wildman–Crippen LogP) is 3.65. The molecule has 2 atom stereocenters. The molecule has 1 fully saturated rings. The molecule has 6 rings (SSSR count). The van der Waals surface area contributed by atoms with Gasteiger partial charge in [-0.2, -0.15) is 0 Å². The van der Waals surface area contributed by atoms with Crippen molar-refractivity contribution >= 4 is 23.2 Å². The van der Waals surface area contributed by atoms with Gasteiger partial charge in [-0.15, -0.1) is 11.3 Å². The lowest BCUT2D eigenvalue weighted by Crippen LogP contribution is -2.36. The molecule has 3 aromatic heterocycles. The van der Waals surface area contributed by atoms with Crippen molar-refractivity contribution in [3.8, 4) is 27.7 Å². The van der Waals surface area contributed by atoms with E-state index in [2.05, 4.69) is 15.3 Å². The van der Waals surface area contributed by atoms with E-state index in [9.17, 15) is 9.90 Å². The number of thiazole rings is 1. The zero-order valence-corrected chi connectivity index (χ0v) is 20.4. The van der Waals surface area contributed by atoms with Crippen LogP contribution in [0.25, 0.3) is 22.0 Å². The van der Waals surface area contributed by atoms with Crippen molar-refractivity contribution in [1.82, 2.24) is 24.8 Å². The zero-order valence-electron chi connectivity index (χ0n) is 19.6. The Morgan fingerprint density at radius 1 is 1.14 bits per heavy atom. The lowest BCUT2D eigenvalue weighted by Gasteiger charge is -2.25. The van der Waals surface area contributed by atoms with Crippen LogP contribution in [0.1, 0.15) is 30.1 Å². The standard InChI is InChI=1S/C26H24N6O3S/c1-32-12-9-26(34,24(32)33)17-5-2-4-16(14-17)23-29-20(15-36-23)18-7-11-28-25(30-18)31-19-8-13-35-21-6-3-10-27-22(19)21/h2-7,10-11,14-15,19,34H,8-9,12-13H2,1H3,(H,28,30,31). The number of hydrogen-bond donors (Lipinski definition) is 2. The minimum atomic E-state index is -1.49. The van der Waals surface area contributed by atoms with E-state index < -0.39 is 5.60 Å². The van der Waals surface area contributed by atoms with Crippen molar-refractivity contribution < 1.29 is 14.6 Å². The van der Waals surface area contributed by atoms with E-state index >= 15 is 0 Å². The summed E-state index contributed by atoms with van der Waals surface area (Å²) in [5, 5.41) is 17.2. The number of anilines is 1. The monoisotopic (exact) mass is 500 g/mol. The van der Waals surface area contributed by atoms with Gasteiger partial charge in [0, 0.05) is 49.8 Å². The summed E-state index contributed by atoms with van der Waals surface area (Å²) in [6.45, 7) is 1.13. The molecule has 1 aromatic carbocycles. The number of fused-ring (bicyclic) bond motifs is 1. The average molecular weight is 501 g/mol. The normalized spacial score (nSPS) is 21.2. The zero-order chi connectivity index (χ0) is 24.7. The van der Waals surface area contributed by atoms with Crippen LogP contribution in [0.2, 0.25) is 0 Å². The van der Waals surface area contributed by atoms with Gasteiger partial charge in [-0.25, -0.2) is 15.0 Å². The highest BCUT2D eigenvalue weighted by Gasteiger charge is 2.45. The number of carbonyl (C=O) groups is 1. The Labute approximate surface area is 211 Å². The lowest BCUT2D eigenvalue weighted by molar-refractivity contribution is -0.143. The number of aromatic nitrogens is 4. The molecule has 5 heterocycles. The molecule has 0 radical (unpaired) electrons. The fourth-order valence-corrected chi connectivity index (χ4v) is 5.44. The van der Waals surface area contributed by atoms with Gasteiger partial charge in [-0.3, -0.25) is 9.78 Å². The van der Waals surface area contributed by atoms with Crippen LogP contribution in [0.5, 0.6) is 5.75 Å². The molecule has 2 N–H and O–H groups in total. The summed E-state index contributed by atoms with van der Waals surface area (Å²) in [5.74, 6) is 1.00. The number of nitrogens with zero attached hydrogens (tertiary/aromatic N) is 5. The Morgan fingerprint density at radius 2 is 2.06 bits per heavy atom. The summed E-state index contributed by atoms with van der Waals surface area (Å²) in [6.07, 6.45) is 4.60. The Kier molecular flexibility index (Phi) is 5.62. The van der Waals surface area contributed by atoms with Gasteiger partial charge in [0.2, 0.25) is 5.95 Å². The highest BCUT2D eigenvalue weighted by Crippen LogP contribution is 2.36. The first kappa shape index (κ1) is 22.6. The minimum absolute atomic E-state index is 0.0397. The maximum Gasteiger partial charge on any atom is 0.258 e. The fourth-order valence-electron chi connectivity index (χ4n) is 4.63. The Morgan fingerprint density at radius 3 is 2.92 bits per heavy atom. The Hall–Kier alpha value is -3.89. The van der Waals surface area contributed by atoms with E-state index in [1.165, 1.54) is 11.3 Å². The summed E-state index contributed by atoms with van der Waals surface area (Å²) < 4.78 is 5.70. The number of aliphatic hydroxyl groups is 1. The summed E-state index contributed by atoms with van der Waals surface area (Å²) in [5.41, 5.74) is 2.22. The van der Waals surface area contributed by atoms with Crippen molar-refractivity contribution in [3.63, 3.8) is 0 Å². The maximum absolute atomic E-state index is 12.5. The fraction of sp³-hybridized carbons (Fsp3) is 0.269. The summed E-state index contributed by atoms with van der Waals surface area (Å²) >= 11 is 1.49. The SMILES string of the molecule is CN1CCC(O)(c2cccc(-c3nc(-c4ccnc(NC5CCOc6cccnc65)n4)cs3)c2)C1=O. The van der Waals surface area contributed by atoms with Gasteiger partial charge in [0.25, 0.3) is 5.91 Å². The van der Waals surface area contributed by atoms with E-state index in [1.54, 1.807) is 30.4 Å². The van der Waals surface area contributed by atoms with Crippen molar-refractivity contribution in [2.24, 2.45) is 0 Å². The molecule has 0 saturated carbocycles. The first-order valence-electron chi connectivity index (χ1n) is 11.7. The van der Waals surface area contributed by atoms with E-state index in [0.717, 1.165) is 34.1 Å². The molecule has 0 bridgehead atoms. The number of pyridine rings is 1. The van der Waals surface area contributed by atoms with Crippen LogP contribution in [0.15, 0.2) is 60.2 Å². The van der Waals surface area contributed by atoms with Crippen molar-refractivity contribution in [2.75, 3.05) is 25.5 Å². The van der Waals surface area contributed by atoms with Crippen molar-refractivity contribution in [1.29, 1.82) is 0 Å². The third-order valence-electron chi connectivity index (χ3n) is 6.62. The third-order valence-corrected chi connectivity index (χ3v) is 7.51. The van der Waals surface area contributed by atoms with Crippen LogP contribution >= 0.6 is 11.3 Å². The summed E-state index contributed by atoms with van der Waals surface area (Å²) in [6, 6.07) is 13.0. The number of benzene rings is 1.